The molecule has 1 saturated heterocycles. The van der Waals surface area contributed by atoms with Crippen molar-refractivity contribution >= 4 is 27.3 Å². The summed E-state index contributed by atoms with van der Waals surface area (Å²) in [5, 5.41) is 1.74. The van der Waals surface area contributed by atoms with Crippen LogP contribution in [0.2, 0.25) is 0 Å². The minimum absolute atomic E-state index is 0.140. The van der Waals surface area contributed by atoms with Crippen molar-refractivity contribution in [3.8, 4) is 0 Å². The first-order valence-electron chi connectivity index (χ1n) is 7.25. The molecule has 0 atom stereocenters. The number of hydrogen-bond donors (Lipinski definition) is 1. The number of hydrogen-bond acceptors (Lipinski definition) is 7. The van der Waals surface area contributed by atoms with Crippen LogP contribution in [0.25, 0.3) is 0 Å². The van der Waals surface area contributed by atoms with Gasteiger partial charge in [0.15, 0.2) is 0 Å². The molecule has 0 saturated carbocycles. The average Bonchev–Trinajstić information content (AvgIpc) is 3.09. The third-order valence-electron chi connectivity index (χ3n) is 3.39. The Morgan fingerprint density at radius 2 is 2.13 bits per heavy atom. The van der Waals surface area contributed by atoms with Crippen LogP contribution in [-0.4, -0.2) is 44.7 Å². The molecule has 3 heterocycles. The Balaban J connectivity index is 1.74. The number of thiophene rings is 1. The molecule has 2 aromatic heterocycles. The molecule has 23 heavy (non-hydrogen) atoms. The second-order valence-electron chi connectivity index (χ2n) is 5.16. The highest BCUT2D eigenvalue weighted by Gasteiger charge is 2.17. The van der Waals surface area contributed by atoms with E-state index in [9.17, 15) is 8.42 Å². The highest BCUT2D eigenvalue weighted by atomic mass is 32.2. The van der Waals surface area contributed by atoms with E-state index in [2.05, 4.69) is 14.7 Å². The summed E-state index contributed by atoms with van der Waals surface area (Å²) in [6.45, 7) is 4.80. The molecular formula is C14H18N4O3S2. The van der Waals surface area contributed by atoms with Crippen LogP contribution in [-0.2, 0) is 21.3 Å². The van der Waals surface area contributed by atoms with Crippen LogP contribution in [0.4, 0.5) is 5.95 Å². The van der Waals surface area contributed by atoms with Gasteiger partial charge in [-0.1, -0.05) is 6.07 Å². The number of nitrogens with zero attached hydrogens (tertiary/aromatic N) is 3. The van der Waals surface area contributed by atoms with E-state index in [0.717, 1.165) is 18.8 Å². The van der Waals surface area contributed by atoms with Gasteiger partial charge in [0, 0.05) is 18.8 Å². The summed E-state index contributed by atoms with van der Waals surface area (Å²) in [5.74, 6) is 0.624. The highest BCUT2D eigenvalue weighted by Crippen LogP contribution is 2.16. The van der Waals surface area contributed by atoms with E-state index >= 15 is 0 Å². The van der Waals surface area contributed by atoms with E-state index in [-0.39, 0.29) is 6.54 Å². The first-order chi connectivity index (χ1) is 11.0. The van der Waals surface area contributed by atoms with E-state index < -0.39 is 10.0 Å². The molecule has 0 radical (unpaired) electrons. The van der Waals surface area contributed by atoms with Crippen molar-refractivity contribution in [1.29, 1.82) is 0 Å². The van der Waals surface area contributed by atoms with Crippen LogP contribution >= 0.6 is 11.3 Å². The maximum Gasteiger partial charge on any atom is 0.250 e. The highest BCUT2D eigenvalue weighted by molar-refractivity contribution is 7.91. The number of anilines is 1. The summed E-state index contributed by atoms with van der Waals surface area (Å²) in [7, 11) is -3.49. The van der Waals surface area contributed by atoms with Gasteiger partial charge >= 0.3 is 0 Å². The number of ether oxygens (including phenoxy) is 1. The fraction of sp³-hybridized carbons (Fsp3) is 0.429. The topological polar surface area (TPSA) is 84.4 Å². The summed E-state index contributed by atoms with van der Waals surface area (Å²) in [4.78, 5) is 11.0. The first kappa shape index (κ1) is 16.3. The Labute approximate surface area is 139 Å². The van der Waals surface area contributed by atoms with Crippen molar-refractivity contribution in [2.45, 2.75) is 17.7 Å². The second kappa shape index (κ2) is 6.91. The van der Waals surface area contributed by atoms with Crippen molar-refractivity contribution < 1.29 is 13.2 Å². The molecule has 0 amide bonds. The van der Waals surface area contributed by atoms with Gasteiger partial charge in [0.2, 0.25) is 16.0 Å². The van der Waals surface area contributed by atoms with Gasteiger partial charge in [-0.05, 0) is 24.4 Å². The lowest BCUT2D eigenvalue weighted by molar-refractivity contribution is 0.122. The molecule has 0 aliphatic carbocycles. The molecule has 7 nitrogen and oxygen atoms in total. The molecule has 0 bridgehead atoms. The molecule has 9 heteroatoms. The predicted octanol–water partition coefficient (Wildman–Crippen LogP) is 1.16. The van der Waals surface area contributed by atoms with Gasteiger partial charge < -0.3 is 9.64 Å². The molecule has 0 aromatic carbocycles. The summed E-state index contributed by atoms with van der Waals surface area (Å²) in [5.41, 5.74) is 1.46. The van der Waals surface area contributed by atoms with Crippen LogP contribution in [0, 0.1) is 6.92 Å². The van der Waals surface area contributed by atoms with Crippen molar-refractivity contribution in [2.75, 3.05) is 31.2 Å². The van der Waals surface area contributed by atoms with E-state index in [1.807, 2.05) is 11.8 Å². The van der Waals surface area contributed by atoms with E-state index in [0.29, 0.717) is 29.1 Å². The summed E-state index contributed by atoms with van der Waals surface area (Å²) < 4.78 is 32.5. The SMILES string of the molecule is Cc1cc(CNS(=O)(=O)c2cccs2)nc(N2CCOCC2)n1. The van der Waals surface area contributed by atoms with E-state index in [4.69, 9.17) is 4.74 Å². The molecule has 124 valence electrons. The third kappa shape index (κ3) is 4.05. The smallest absolute Gasteiger partial charge is 0.250 e. The zero-order valence-electron chi connectivity index (χ0n) is 12.7. The van der Waals surface area contributed by atoms with Crippen LogP contribution < -0.4 is 9.62 Å². The Bertz CT molecular complexity index is 756. The van der Waals surface area contributed by atoms with Gasteiger partial charge in [-0.25, -0.2) is 23.1 Å². The Morgan fingerprint density at radius 3 is 2.83 bits per heavy atom. The van der Waals surface area contributed by atoms with Crippen LogP contribution in [0.5, 0.6) is 0 Å². The monoisotopic (exact) mass is 354 g/mol. The lowest BCUT2D eigenvalue weighted by Crippen LogP contribution is -2.37. The fourth-order valence-electron chi connectivity index (χ4n) is 2.27. The molecular weight excluding hydrogens is 336 g/mol. The predicted molar refractivity (Wildman–Crippen MR) is 88.1 cm³/mol. The number of morpholine rings is 1. The lowest BCUT2D eigenvalue weighted by atomic mass is 10.3. The Hall–Kier alpha value is -1.55. The van der Waals surface area contributed by atoms with Crippen molar-refractivity contribution in [2.24, 2.45) is 0 Å². The second-order valence-corrected chi connectivity index (χ2v) is 8.10. The van der Waals surface area contributed by atoms with Gasteiger partial charge in [-0.3, -0.25) is 0 Å². The molecule has 1 aliphatic rings. The number of aryl methyl sites for hydroxylation is 1. The van der Waals surface area contributed by atoms with Crippen LogP contribution in [0.1, 0.15) is 11.4 Å². The van der Waals surface area contributed by atoms with E-state index in [1.54, 1.807) is 23.6 Å². The molecule has 0 unspecified atom stereocenters. The molecule has 1 N–H and O–H groups in total. The molecule has 3 rings (SSSR count). The first-order valence-corrected chi connectivity index (χ1v) is 9.61. The largest absolute Gasteiger partial charge is 0.378 e. The molecule has 0 spiro atoms. The van der Waals surface area contributed by atoms with Gasteiger partial charge in [-0.15, -0.1) is 11.3 Å². The number of sulfonamides is 1. The van der Waals surface area contributed by atoms with Gasteiger partial charge in [0.25, 0.3) is 0 Å². The third-order valence-corrected chi connectivity index (χ3v) is 6.19. The lowest BCUT2D eigenvalue weighted by Gasteiger charge is -2.27. The zero-order valence-corrected chi connectivity index (χ0v) is 14.4. The Kier molecular flexibility index (Phi) is 4.90. The van der Waals surface area contributed by atoms with Gasteiger partial charge in [0.05, 0.1) is 25.5 Å². The normalized spacial score (nSPS) is 15.8. The standard InChI is InChI=1S/C14H18N4O3S2/c1-11-9-12(10-15-23(19,20)13-3-2-8-22-13)17-14(16-11)18-4-6-21-7-5-18/h2-3,8-9,15H,4-7,10H2,1H3. The Morgan fingerprint density at radius 1 is 1.35 bits per heavy atom. The van der Waals surface area contributed by atoms with E-state index in [1.165, 1.54) is 11.3 Å². The molecule has 2 aromatic rings. The van der Waals surface area contributed by atoms with Crippen molar-refractivity contribution in [3.63, 3.8) is 0 Å². The van der Waals surface area contributed by atoms with Crippen LogP contribution in [0.3, 0.4) is 0 Å². The molecule has 1 fully saturated rings. The summed E-state index contributed by atoms with van der Waals surface area (Å²) in [6.07, 6.45) is 0. The van der Waals surface area contributed by atoms with Crippen LogP contribution in [0.15, 0.2) is 27.8 Å². The fourth-order valence-corrected chi connectivity index (χ4v) is 4.31. The number of nitrogens with one attached hydrogen (secondary N) is 1. The quantitative estimate of drug-likeness (QED) is 0.867. The van der Waals surface area contributed by atoms with Gasteiger partial charge in [0.1, 0.15) is 4.21 Å². The minimum atomic E-state index is -3.49. The van der Waals surface area contributed by atoms with Gasteiger partial charge in [-0.2, -0.15) is 0 Å². The van der Waals surface area contributed by atoms with Crippen molar-refractivity contribution in [1.82, 2.24) is 14.7 Å². The summed E-state index contributed by atoms with van der Waals surface area (Å²) in [6, 6.07) is 5.09. The van der Waals surface area contributed by atoms with Crippen molar-refractivity contribution in [3.05, 3.63) is 35.0 Å². The zero-order chi connectivity index (χ0) is 16.3. The molecule has 1 aliphatic heterocycles. The maximum absolute atomic E-state index is 12.2. The number of rotatable bonds is 5. The minimum Gasteiger partial charge on any atom is -0.378 e. The number of aromatic nitrogens is 2. The maximum atomic E-state index is 12.2. The summed E-state index contributed by atoms with van der Waals surface area (Å²) >= 11 is 1.19. The average molecular weight is 354 g/mol.